The van der Waals surface area contributed by atoms with Crippen molar-refractivity contribution >= 4 is 21.6 Å². The number of hydrogen-bond donors (Lipinski definition) is 1. The number of nitrogens with zero attached hydrogens (tertiary/aromatic N) is 1. The maximum absolute atomic E-state index is 12.0. The molecule has 1 amide bonds. The number of sulfonamides is 1. The van der Waals surface area contributed by atoms with Gasteiger partial charge in [0, 0.05) is 13.1 Å². The fraction of sp³-hybridized carbons (Fsp3) is 0.588. The third-order valence-electron chi connectivity index (χ3n) is 3.83. The van der Waals surface area contributed by atoms with Crippen LogP contribution in [-0.4, -0.2) is 40.3 Å². The maximum atomic E-state index is 12.0. The van der Waals surface area contributed by atoms with Crippen LogP contribution >= 0.6 is 0 Å². The zero-order chi connectivity index (χ0) is 18.5. The summed E-state index contributed by atoms with van der Waals surface area (Å²) >= 11 is 0. The van der Waals surface area contributed by atoms with Crippen molar-refractivity contribution < 1.29 is 17.9 Å². The summed E-state index contributed by atoms with van der Waals surface area (Å²) in [5.74, 6) is 1.04. The van der Waals surface area contributed by atoms with E-state index in [4.69, 9.17) is 4.74 Å². The van der Waals surface area contributed by atoms with Crippen molar-refractivity contribution in [3.05, 3.63) is 24.3 Å². The van der Waals surface area contributed by atoms with Crippen molar-refractivity contribution in [2.45, 2.75) is 33.7 Å². The summed E-state index contributed by atoms with van der Waals surface area (Å²) in [6, 6.07) is 6.67. The number of rotatable bonds is 8. The van der Waals surface area contributed by atoms with Gasteiger partial charge in [-0.15, -0.1) is 0 Å². The van der Waals surface area contributed by atoms with Crippen molar-refractivity contribution in [1.29, 1.82) is 0 Å². The van der Waals surface area contributed by atoms with E-state index in [9.17, 15) is 13.2 Å². The molecule has 0 fully saturated rings. The highest BCUT2D eigenvalue weighted by Gasteiger charge is 2.19. The van der Waals surface area contributed by atoms with E-state index in [1.807, 2.05) is 0 Å². The van der Waals surface area contributed by atoms with Crippen molar-refractivity contribution in [2.75, 3.05) is 24.2 Å². The second-order valence-corrected chi connectivity index (χ2v) is 8.61. The number of carbonyl (C=O) groups excluding carboxylic acids is 1. The van der Waals surface area contributed by atoms with Gasteiger partial charge >= 0.3 is 0 Å². The second kappa shape index (κ2) is 8.37. The summed E-state index contributed by atoms with van der Waals surface area (Å²) in [7, 11) is -1.81. The summed E-state index contributed by atoms with van der Waals surface area (Å²) in [6.45, 7) is 8.22. The fourth-order valence-corrected chi connectivity index (χ4v) is 2.93. The van der Waals surface area contributed by atoms with Crippen molar-refractivity contribution in [1.82, 2.24) is 5.32 Å². The van der Waals surface area contributed by atoms with Gasteiger partial charge in [0.2, 0.25) is 10.0 Å². The Bertz CT molecular complexity index is 631. The van der Waals surface area contributed by atoms with Gasteiger partial charge in [-0.25, -0.2) is 8.42 Å². The molecule has 7 heteroatoms. The van der Waals surface area contributed by atoms with Crippen LogP contribution in [0.2, 0.25) is 0 Å². The summed E-state index contributed by atoms with van der Waals surface area (Å²) in [5.41, 5.74) is 0.536. The Morgan fingerprint density at radius 2 is 1.62 bits per heavy atom. The van der Waals surface area contributed by atoms with Gasteiger partial charge in [-0.3, -0.25) is 9.10 Å². The van der Waals surface area contributed by atoms with Gasteiger partial charge in [-0.05, 0) is 36.1 Å². The largest absolute Gasteiger partial charge is 0.484 e. The van der Waals surface area contributed by atoms with E-state index in [0.717, 1.165) is 6.26 Å². The smallest absolute Gasteiger partial charge is 0.258 e. The average molecular weight is 356 g/mol. The molecule has 1 aromatic carbocycles. The van der Waals surface area contributed by atoms with E-state index in [0.29, 0.717) is 23.3 Å². The molecule has 0 bridgehead atoms. The first-order valence-corrected chi connectivity index (χ1v) is 9.83. The number of anilines is 1. The first kappa shape index (κ1) is 20.3. The van der Waals surface area contributed by atoms with Gasteiger partial charge in [0.15, 0.2) is 6.61 Å². The van der Waals surface area contributed by atoms with Crippen LogP contribution in [0, 0.1) is 11.8 Å². The van der Waals surface area contributed by atoms with Gasteiger partial charge in [0.05, 0.1) is 11.9 Å². The van der Waals surface area contributed by atoms with Crippen LogP contribution in [-0.2, 0) is 14.8 Å². The van der Waals surface area contributed by atoms with Gasteiger partial charge in [-0.1, -0.05) is 27.7 Å². The summed E-state index contributed by atoms with van der Waals surface area (Å²) < 4.78 is 29.6. The molecule has 1 aromatic rings. The molecule has 0 heterocycles. The van der Waals surface area contributed by atoms with E-state index < -0.39 is 10.0 Å². The quantitative estimate of drug-likeness (QED) is 0.775. The molecule has 0 radical (unpaired) electrons. The standard InChI is InChI=1S/C17H28N2O4S/c1-12(2)17(13(3)4)18-16(20)11-23-15-9-7-14(8-10-15)19(5)24(6,21)22/h7-10,12-13,17H,11H2,1-6H3,(H,18,20). The molecular formula is C17H28N2O4S. The molecule has 0 atom stereocenters. The van der Waals surface area contributed by atoms with Crippen LogP contribution in [0.1, 0.15) is 27.7 Å². The molecular weight excluding hydrogens is 328 g/mol. The minimum Gasteiger partial charge on any atom is -0.484 e. The molecule has 24 heavy (non-hydrogen) atoms. The van der Waals surface area contributed by atoms with Crippen LogP contribution in [0.25, 0.3) is 0 Å². The molecule has 0 aliphatic rings. The molecule has 6 nitrogen and oxygen atoms in total. The number of ether oxygens (including phenoxy) is 1. The number of hydrogen-bond acceptors (Lipinski definition) is 4. The molecule has 0 spiro atoms. The van der Waals surface area contributed by atoms with E-state index in [1.165, 1.54) is 11.4 Å². The molecule has 0 aliphatic carbocycles. The molecule has 0 unspecified atom stereocenters. The van der Waals surface area contributed by atoms with Gasteiger partial charge < -0.3 is 10.1 Å². The third-order valence-corrected chi connectivity index (χ3v) is 5.04. The first-order valence-electron chi connectivity index (χ1n) is 7.98. The fourth-order valence-electron chi connectivity index (χ4n) is 2.42. The van der Waals surface area contributed by atoms with Crippen LogP contribution in [0.15, 0.2) is 24.3 Å². The van der Waals surface area contributed by atoms with E-state index in [1.54, 1.807) is 24.3 Å². The molecule has 1 rings (SSSR count). The second-order valence-electron chi connectivity index (χ2n) is 6.59. The van der Waals surface area contributed by atoms with Crippen LogP contribution in [0.3, 0.4) is 0 Å². The lowest BCUT2D eigenvalue weighted by Crippen LogP contribution is -2.44. The van der Waals surface area contributed by atoms with Crippen molar-refractivity contribution in [3.63, 3.8) is 0 Å². The monoisotopic (exact) mass is 356 g/mol. The minimum absolute atomic E-state index is 0.0722. The van der Waals surface area contributed by atoms with Gasteiger partial charge in [-0.2, -0.15) is 0 Å². The predicted octanol–water partition coefficient (Wildman–Crippen LogP) is 2.26. The summed E-state index contributed by atoms with van der Waals surface area (Å²) in [6.07, 6.45) is 1.14. The van der Waals surface area contributed by atoms with Crippen molar-refractivity contribution in [3.8, 4) is 5.75 Å². The van der Waals surface area contributed by atoms with Crippen LogP contribution < -0.4 is 14.4 Å². The molecule has 0 saturated heterocycles. The van der Waals surface area contributed by atoms with Crippen LogP contribution in [0.4, 0.5) is 5.69 Å². The highest BCUT2D eigenvalue weighted by atomic mass is 32.2. The Labute approximate surface area is 145 Å². The third kappa shape index (κ3) is 6.03. The molecule has 0 aromatic heterocycles. The van der Waals surface area contributed by atoms with E-state index in [2.05, 4.69) is 33.0 Å². The van der Waals surface area contributed by atoms with Gasteiger partial charge in [0.25, 0.3) is 5.91 Å². The normalized spacial score (nSPS) is 11.9. The Morgan fingerprint density at radius 3 is 2.04 bits per heavy atom. The number of carbonyl (C=O) groups is 1. The minimum atomic E-state index is -3.30. The lowest BCUT2D eigenvalue weighted by Gasteiger charge is -2.26. The number of benzene rings is 1. The lowest BCUT2D eigenvalue weighted by molar-refractivity contribution is -0.124. The Morgan fingerprint density at radius 1 is 1.12 bits per heavy atom. The highest BCUT2D eigenvalue weighted by molar-refractivity contribution is 7.92. The number of nitrogens with one attached hydrogen (secondary N) is 1. The zero-order valence-electron chi connectivity index (χ0n) is 15.2. The van der Waals surface area contributed by atoms with Gasteiger partial charge in [0.1, 0.15) is 5.75 Å². The topological polar surface area (TPSA) is 75.7 Å². The molecule has 0 saturated carbocycles. The Kier molecular flexibility index (Phi) is 7.08. The highest BCUT2D eigenvalue weighted by Crippen LogP contribution is 2.20. The predicted molar refractivity (Wildman–Crippen MR) is 96.8 cm³/mol. The Balaban J connectivity index is 2.61. The molecule has 1 N–H and O–H groups in total. The van der Waals surface area contributed by atoms with Crippen molar-refractivity contribution in [2.24, 2.45) is 11.8 Å². The SMILES string of the molecule is CC(C)C(NC(=O)COc1ccc(N(C)S(C)(=O)=O)cc1)C(C)C. The molecule has 136 valence electrons. The zero-order valence-corrected chi connectivity index (χ0v) is 16.1. The van der Waals surface area contributed by atoms with Crippen LogP contribution in [0.5, 0.6) is 5.75 Å². The summed E-state index contributed by atoms with van der Waals surface area (Å²) in [5, 5.41) is 2.98. The van der Waals surface area contributed by atoms with E-state index >= 15 is 0 Å². The lowest BCUT2D eigenvalue weighted by atomic mass is 9.93. The Hall–Kier alpha value is -1.76. The average Bonchev–Trinajstić information content (AvgIpc) is 2.48. The molecule has 0 aliphatic heterocycles. The first-order chi connectivity index (χ1) is 11.0. The number of amides is 1. The van der Waals surface area contributed by atoms with E-state index in [-0.39, 0.29) is 18.6 Å². The maximum Gasteiger partial charge on any atom is 0.258 e. The summed E-state index contributed by atoms with van der Waals surface area (Å²) in [4.78, 5) is 12.0.